The second-order valence-corrected chi connectivity index (χ2v) is 22.2. The molecule has 0 saturated carbocycles. The summed E-state index contributed by atoms with van der Waals surface area (Å²) in [6.07, 6.45) is 0.883. The third-order valence-electron chi connectivity index (χ3n) is 14.8. The number of rotatable bonds is 12. The molecule has 21 nitrogen and oxygen atoms in total. The van der Waals surface area contributed by atoms with Gasteiger partial charge in [-0.3, -0.25) is 24.5 Å². The summed E-state index contributed by atoms with van der Waals surface area (Å²) in [6, 6.07) is 13.0. The lowest BCUT2D eigenvalue weighted by molar-refractivity contribution is -0.155. The van der Waals surface area contributed by atoms with E-state index in [4.69, 9.17) is 73.9 Å². The van der Waals surface area contributed by atoms with Crippen LogP contribution in [0.1, 0.15) is 145 Å². The van der Waals surface area contributed by atoms with Gasteiger partial charge in [-0.15, -0.1) is 0 Å². The van der Waals surface area contributed by atoms with E-state index in [0.29, 0.717) is 47.5 Å². The minimum atomic E-state index is -0.949. The molecule has 0 aromatic heterocycles. The molecule has 3 aromatic rings. The monoisotopic (exact) mass is 1170 g/mol. The number of esters is 3. The molecule has 0 unspecified atom stereocenters. The van der Waals surface area contributed by atoms with E-state index in [1.807, 2.05) is 37.3 Å². The minimum absolute atomic E-state index is 0. The Bertz CT molecular complexity index is 2870. The molecular formula is C61H77ClN6O15. The zero-order valence-corrected chi connectivity index (χ0v) is 49.2. The van der Waals surface area contributed by atoms with Gasteiger partial charge in [-0.2, -0.15) is 0 Å². The van der Waals surface area contributed by atoms with Crippen molar-refractivity contribution in [2.24, 2.45) is 17.8 Å². The van der Waals surface area contributed by atoms with Gasteiger partial charge in [0.25, 0.3) is 16.6 Å². The van der Waals surface area contributed by atoms with E-state index in [-0.39, 0.29) is 101 Å². The molecule has 0 spiro atoms. The molecule has 83 heavy (non-hydrogen) atoms. The molecule has 0 bridgehead atoms. The zero-order chi connectivity index (χ0) is 60.4. The summed E-state index contributed by atoms with van der Waals surface area (Å²) in [7, 11) is 0. The van der Waals surface area contributed by atoms with Gasteiger partial charge >= 0.3 is 17.9 Å². The molecule has 6 heterocycles. The Kier molecular flexibility index (Phi) is 22.3. The maximum Gasteiger partial charge on any atom is 0.329 e. The zero-order valence-electron chi connectivity index (χ0n) is 48.5. The fourth-order valence-electron chi connectivity index (χ4n) is 10.6. The third-order valence-corrected chi connectivity index (χ3v) is 15.2. The smallest absolute Gasteiger partial charge is 0.329 e. The summed E-state index contributed by atoms with van der Waals surface area (Å²) in [6.45, 7) is 45.7. The predicted molar refractivity (Wildman–Crippen MR) is 305 cm³/mol. The fraction of sp³-hybridized carbons (Fsp3) is 0.557. The van der Waals surface area contributed by atoms with Crippen LogP contribution < -0.4 is 33.7 Å². The largest absolute Gasteiger partial charge is 0.465 e. The van der Waals surface area contributed by atoms with Gasteiger partial charge in [-0.25, -0.2) is 29.3 Å². The summed E-state index contributed by atoms with van der Waals surface area (Å²) in [5, 5.41) is 2.97. The molecule has 3 aromatic carbocycles. The Morgan fingerprint density at radius 2 is 0.867 bits per heavy atom. The SMILES string of the molecule is C.CC(C)C(=O)Cl.[C-]#[N+][C@@]1(C)C[C@@H](C(=O)OCC)N(C(=O)C(C)C)[C@H]1c1ccc2c(c1)OCO2.[C-]#[N+][C@@]1(C)C[C@@H](C(=O)OCC)N[C@H]1c1ccc2c(c1)OCO2.[C-]#[N+][C@]1(C)C[C@H](C(=O)OCC)N(C(=O)C(C)C)[C@@H]1c1ccc2c(c1)OCO2. The van der Waals surface area contributed by atoms with Crippen molar-refractivity contribution in [1.82, 2.24) is 15.1 Å². The van der Waals surface area contributed by atoms with Gasteiger partial charge in [0.1, 0.15) is 36.3 Å². The second-order valence-electron chi connectivity index (χ2n) is 21.9. The van der Waals surface area contributed by atoms with Gasteiger partial charge in [0.15, 0.2) is 34.5 Å². The van der Waals surface area contributed by atoms with Crippen molar-refractivity contribution in [3.05, 3.63) is 106 Å². The average Bonchev–Trinajstić information content (AvgIpc) is 2.21. The van der Waals surface area contributed by atoms with Crippen molar-refractivity contribution < 1.29 is 71.4 Å². The number of ether oxygens (including phenoxy) is 9. The lowest BCUT2D eigenvalue weighted by Gasteiger charge is -2.31. The molecule has 1 N–H and O–H groups in total. The molecule has 9 atom stereocenters. The van der Waals surface area contributed by atoms with Crippen LogP contribution in [-0.2, 0) is 43.0 Å². The number of amides is 2. The van der Waals surface area contributed by atoms with Gasteiger partial charge in [-0.05, 0) is 85.5 Å². The Balaban J connectivity index is 0.000000217. The van der Waals surface area contributed by atoms with Crippen molar-refractivity contribution in [3.8, 4) is 34.5 Å². The van der Waals surface area contributed by atoms with Crippen LogP contribution in [0.25, 0.3) is 14.5 Å². The molecule has 2 amide bonds. The van der Waals surface area contributed by atoms with Crippen LogP contribution in [-0.4, -0.2) is 120 Å². The molecule has 22 heteroatoms. The fourth-order valence-corrected chi connectivity index (χ4v) is 10.6. The van der Waals surface area contributed by atoms with E-state index in [2.05, 4.69) is 19.9 Å². The van der Waals surface area contributed by atoms with Gasteiger partial charge in [0.2, 0.25) is 37.4 Å². The first-order valence-corrected chi connectivity index (χ1v) is 27.7. The van der Waals surface area contributed by atoms with Crippen molar-refractivity contribution in [1.29, 1.82) is 0 Å². The highest BCUT2D eigenvalue weighted by Crippen LogP contribution is 2.51. The minimum Gasteiger partial charge on any atom is -0.465 e. The van der Waals surface area contributed by atoms with E-state index in [0.717, 1.165) is 16.7 Å². The highest BCUT2D eigenvalue weighted by atomic mass is 35.5. The van der Waals surface area contributed by atoms with Crippen molar-refractivity contribution in [2.45, 2.75) is 163 Å². The summed E-state index contributed by atoms with van der Waals surface area (Å²) in [5.41, 5.74) is -0.192. The van der Waals surface area contributed by atoms with Crippen LogP contribution in [0.2, 0.25) is 0 Å². The highest BCUT2D eigenvalue weighted by molar-refractivity contribution is 6.63. The molecular weight excluding hydrogens is 1090 g/mol. The van der Waals surface area contributed by atoms with Crippen molar-refractivity contribution >= 4 is 46.6 Å². The number of fused-ring (bicyclic) bond motifs is 3. The first kappa shape index (κ1) is 66.0. The molecule has 448 valence electrons. The number of nitrogens with one attached hydrogen (secondary N) is 1. The maximum atomic E-state index is 13.0. The van der Waals surface area contributed by atoms with Gasteiger partial charge in [-0.1, -0.05) is 67.2 Å². The summed E-state index contributed by atoms with van der Waals surface area (Å²) >= 11 is 4.97. The van der Waals surface area contributed by atoms with Crippen LogP contribution >= 0.6 is 11.6 Å². The molecule has 6 aliphatic heterocycles. The van der Waals surface area contributed by atoms with E-state index >= 15 is 0 Å². The molecule has 0 aliphatic carbocycles. The standard InChI is InChI=1S/2C20H24N2O5.C16H18N2O4.C4H7ClO.CH4/c2*1-6-25-19(24)14-10-20(4,21-5)17(22(14)18(23)12(2)3)13-7-8-15-16(9-13)27-11-26-15;1-4-20-15(19)11-8-16(2,17-3)14(18-11)10-5-6-12-13(7-10)22-9-21-12;1-3(2)4(5)6;/h2*7-9,12,14,17H,6,10-11H2,1-4H3;5-7,11,14,18H,4,8-9H2,1-2H3;3H,1-2H3;1H4/t2*14-,17-,20-;11-,14-,16-;;/m100../s1. The quantitative estimate of drug-likeness (QED) is 0.0772. The normalized spacial score (nSPS) is 25.4. The Labute approximate surface area is 491 Å². The van der Waals surface area contributed by atoms with Crippen molar-refractivity contribution in [3.63, 3.8) is 0 Å². The average molecular weight is 1170 g/mol. The Morgan fingerprint density at radius 3 is 1.19 bits per heavy atom. The topological polar surface area (TPSA) is 217 Å². The first-order valence-electron chi connectivity index (χ1n) is 27.3. The summed E-state index contributed by atoms with van der Waals surface area (Å²) < 4.78 is 47.8. The summed E-state index contributed by atoms with van der Waals surface area (Å²) in [5.74, 6) is 1.55. The summed E-state index contributed by atoms with van der Waals surface area (Å²) in [4.78, 5) is 87.7. The number of hydrogen-bond donors (Lipinski definition) is 1. The van der Waals surface area contributed by atoms with Gasteiger partial charge < -0.3 is 67.0 Å². The number of halogens is 1. The molecule has 3 saturated heterocycles. The number of benzene rings is 3. The van der Waals surface area contributed by atoms with E-state index in [1.165, 1.54) is 9.80 Å². The van der Waals surface area contributed by atoms with Crippen molar-refractivity contribution in [2.75, 3.05) is 40.2 Å². The number of nitrogens with zero attached hydrogens (tertiary/aromatic N) is 5. The first-order chi connectivity index (χ1) is 38.8. The number of carbonyl (C=O) groups excluding carboxylic acids is 6. The second kappa shape index (κ2) is 28.0. The highest BCUT2D eigenvalue weighted by Gasteiger charge is 2.62. The van der Waals surface area contributed by atoms with Crippen LogP contribution in [0.15, 0.2) is 54.6 Å². The molecule has 3 fully saturated rings. The van der Waals surface area contributed by atoms with Crippen LogP contribution in [0, 0.1) is 37.5 Å². The Hall–Kier alpha value is -7.80. The molecule has 6 aliphatic rings. The predicted octanol–water partition coefficient (Wildman–Crippen LogP) is 10.0. The van der Waals surface area contributed by atoms with Crippen LogP contribution in [0.5, 0.6) is 34.5 Å². The van der Waals surface area contributed by atoms with Gasteiger partial charge in [0.05, 0.1) is 39.1 Å². The van der Waals surface area contributed by atoms with E-state index in [9.17, 15) is 28.8 Å². The third kappa shape index (κ3) is 14.3. The van der Waals surface area contributed by atoms with E-state index in [1.54, 1.807) is 100 Å². The van der Waals surface area contributed by atoms with Crippen LogP contribution in [0.3, 0.4) is 0 Å². The lowest BCUT2D eigenvalue weighted by atomic mass is 9.87. The molecule has 0 radical (unpaired) electrons. The molecule has 9 rings (SSSR count). The number of hydrogen-bond acceptors (Lipinski definition) is 16. The van der Waals surface area contributed by atoms with E-state index < -0.39 is 58.8 Å². The number of carbonyl (C=O) groups is 6. The number of likely N-dealkylation sites (tertiary alicyclic amines) is 2. The Morgan fingerprint density at radius 1 is 0.542 bits per heavy atom. The maximum absolute atomic E-state index is 13.0. The van der Waals surface area contributed by atoms with Crippen LogP contribution in [0.4, 0.5) is 0 Å². The lowest BCUT2D eigenvalue weighted by Crippen LogP contribution is -2.45. The van der Waals surface area contributed by atoms with Gasteiger partial charge in [0, 0.05) is 38.5 Å².